The summed E-state index contributed by atoms with van der Waals surface area (Å²) in [5, 5.41) is 9.60. The molecule has 0 saturated carbocycles. The standard InChI is InChI=1S/C13H18BrNO3/c1-4-15(9(2)8-18-3)13(17)10-5-6-11(14)12(16)7-10/h5-7,9,16H,4,8H2,1-3H3. The van der Waals surface area contributed by atoms with Crippen LogP contribution in [0.5, 0.6) is 5.75 Å². The number of halogens is 1. The van der Waals surface area contributed by atoms with E-state index in [2.05, 4.69) is 15.9 Å². The van der Waals surface area contributed by atoms with Gasteiger partial charge >= 0.3 is 0 Å². The number of aromatic hydroxyl groups is 1. The minimum atomic E-state index is -0.107. The van der Waals surface area contributed by atoms with E-state index < -0.39 is 0 Å². The van der Waals surface area contributed by atoms with Gasteiger partial charge in [0.15, 0.2) is 0 Å². The van der Waals surface area contributed by atoms with E-state index in [-0.39, 0.29) is 17.7 Å². The molecule has 18 heavy (non-hydrogen) atoms. The maximum Gasteiger partial charge on any atom is 0.254 e. The zero-order chi connectivity index (χ0) is 13.7. The van der Waals surface area contributed by atoms with Crippen LogP contribution in [-0.2, 0) is 4.74 Å². The Labute approximate surface area is 116 Å². The van der Waals surface area contributed by atoms with E-state index in [1.54, 1.807) is 24.1 Å². The Morgan fingerprint density at radius 1 is 1.56 bits per heavy atom. The first kappa shape index (κ1) is 15.0. The van der Waals surface area contributed by atoms with Gasteiger partial charge in [-0.1, -0.05) is 0 Å². The topological polar surface area (TPSA) is 49.8 Å². The monoisotopic (exact) mass is 315 g/mol. The summed E-state index contributed by atoms with van der Waals surface area (Å²) in [5.74, 6) is -0.0406. The first-order chi connectivity index (χ1) is 8.51. The SMILES string of the molecule is CCN(C(=O)c1ccc(Br)c(O)c1)C(C)COC. The van der Waals surface area contributed by atoms with Gasteiger partial charge < -0.3 is 14.7 Å². The lowest BCUT2D eigenvalue weighted by Crippen LogP contribution is -2.40. The molecule has 0 fully saturated rings. The van der Waals surface area contributed by atoms with Gasteiger partial charge in [0.1, 0.15) is 5.75 Å². The molecule has 5 heteroatoms. The van der Waals surface area contributed by atoms with Crippen LogP contribution in [-0.4, -0.2) is 42.2 Å². The summed E-state index contributed by atoms with van der Waals surface area (Å²) in [6.45, 7) is 4.94. The van der Waals surface area contributed by atoms with Gasteiger partial charge in [-0.25, -0.2) is 0 Å². The second kappa shape index (κ2) is 6.75. The first-order valence-electron chi connectivity index (χ1n) is 5.79. The number of phenolic OH excluding ortho intramolecular Hbond substituents is 1. The normalized spacial score (nSPS) is 12.2. The third-order valence-electron chi connectivity index (χ3n) is 2.73. The largest absolute Gasteiger partial charge is 0.507 e. The number of likely N-dealkylation sites (N-methyl/N-ethyl adjacent to an activating group) is 1. The third-order valence-corrected chi connectivity index (χ3v) is 3.41. The molecule has 0 radical (unpaired) electrons. The molecule has 4 nitrogen and oxygen atoms in total. The predicted octanol–water partition coefficient (Wildman–Crippen LogP) is 2.65. The Morgan fingerprint density at radius 3 is 2.72 bits per heavy atom. The molecule has 0 bridgehead atoms. The van der Waals surface area contributed by atoms with Crippen molar-refractivity contribution in [2.75, 3.05) is 20.3 Å². The lowest BCUT2D eigenvalue weighted by molar-refractivity contribution is 0.0579. The molecule has 1 amide bonds. The van der Waals surface area contributed by atoms with E-state index >= 15 is 0 Å². The van der Waals surface area contributed by atoms with Gasteiger partial charge in [-0.05, 0) is 48.0 Å². The fourth-order valence-electron chi connectivity index (χ4n) is 1.80. The molecule has 1 aromatic rings. The summed E-state index contributed by atoms with van der Waals surface area (Å²) in [6, 6.07) is 4.82. The highest BCUT2D eigenvalue weighted by molar-refractivity contribution is 9.10. The Kier molecular flexibility index (Phi) is 5.62. The fourth-order valence-corrected chi connectivity index (χ4v) is 2.04. The van der Waals surface area contributed by atoms with Crippen LogP contribution in [0.4, 0.5) is 0 Å². The number of hydrogen-bond donors (Lipinski definition) is 1. The summed E-state index contributed by atoms with van der Waals surface area (Å²) >= 11 is 3.19. The van der Waals surface area contributed by atoms with Gasteiger partial charge in [-0.15, -0.1) is 0 Å². The van der Waals surface area contributed by atoms with Crippen LogP contribution in [0.2, 0.25) is 0 Å². The van der Waals surface area contributed by atoms with Crippen molar-refractivity contribution in [1.82, 2.24) is 4.90 Å². The molecule has 1 atom stereocenters. The summed E-state index contributed by atoms with van der Waals surface area (Å²) in [7, 11) is 1.61. The summed E-state index contributed by atoms with van der Waals surface area (Å²) in [4.78, 5) is 14.0. The van der Waals surface area contributed by atoms with Crippen molar-refractivity contribution in [2.24, 2.45) is 0 Å². The number of ether oxygens (including phenoxy) is 1. The van der Waals surface area contributed by atoms with Gasteiger partial charge in [-0.2, -0.15) is 0 Å². The molecule has 1 rings (SSSR count). The smallest absolute Gasteiger partial charge is 0.254 e. The van der Waals surface area contributed by atoms with Crippen LogP contribution in [0.1, 0.15) is 24.2 Å². The molecular formula is C13H18BrNO3. The number of benzene rings is 1. The zero-order valence-electron chi connectivity index (χ0n) is 10.8. The first-order valence-corrected chi connectivity index (χ1v) is 6.59. The highest BCUT2D eigenvalue weighted by atomic mass is 79.9. The fraction of sp³-hybridized carbons (Fsp3) is 0.462. The minimum absolute atomic E-state index is 0.00158. The minimum Gasteiger partial charge on any atom is -0.507 e. The van der Waals surface area contributed by atoms with Crippen LogP contribution >= 0.6 is 15.9 Å². The van der Waals surface area contributed by atoms with Crippen LogP contribution < -0.4 is 0 Å². The van der Waals surface area contributed by atoms with E-state index in [1.807, 2.05) is 13.8 Å². The van der Waals surface area contributed by atoms with Crippen LogP contribution in [0, 0.1) is 0 Å². The van der Waals surface area contributed by atoms with Crippen molar-refractivity contribution in [1.29, 1.82) is 0 Å². The van der Waals surface area contributed by atoms with Crippen LogP contribution in [0.15, 0.2) is 22.7 Å². The van der Waals surface area contributed by atoms with Crippen molar-refractivity contribution in [3.05, 3.63) is 28.2 Å². The Morgan fingerprint density at radius 2 is 2.22 bits per heavy atom. The van der Waals surface area contributed by atoms with Crippen molar-refractivity contribution >= 4 is 21.8 Å². The second-order valence-corrected chi connectivity index (χ2v) is 4.92. The number of rotatable bonds is 5. The molecule has 0 aliphatic carbocycles. The summed E-state index contributed by atoms with van der Waals surface area (Å²) in [5.41, 5.74) is 0.473. The molecule has 0 aliphatic heterocycles. The molecule has 0 spiro atoms. The quantitative estimate of drug-likeness (QED) is 0.908. The van der Waals surface area contributed by atoms with Gasteiger partial charge in [-0.3, -0.25) is 4.79 Å². The molecule has 100 valence electrons. The van der Waals surface area contributed by atoms with Crippen molar-refractivity contribution in [2.45, 2.75) is 19.9 Å². The summed E-state index contributed by atoms with van der Waals surface area (Å²) < 4.78 is 5.64. The Bertz CT molecular complexity index is 423. The number of carbonyl (C=O) groups excluding carboxylic acids is 1. The Hall–Kier alpha value is -1.07. The number of phenols is 1. The number of amides is 1. The maximum atomic E-state index is 12.3. The summed E-state index contributed by atoms with van der Waals surface area (Å²) in [6.07, 6.45) is 0. The Balaban J connectivity index is 2.92. The number of hydrogen-bond acceptors (Lipinski definition) is 3. The van der Waals surface area contributed by atoms with Crippen molar-refractivity contribution < 1.29 is 14.6 Å². The zero-order valence-corrected chi connectivity index (χ0v) is 12.4. The van der Waals surface area contributed by atoms with Gasteiger partial charge in [0, 0.05) is 19.2 Å². The molecule has 0 aliphatic rings. The van der Waals surface area contributed by atoms with Gasteiger partial charge in [0.05, 0.1) is 17.1 Å². The highest BCUT2D eigenvalue weighted by Crippen LogP contribution is 2.25. The van der Waals surface area contributed by atoms with Gasteiger partial charge in [0.2, 0.25) is 0 Å². The number of nitrogens with zero attached hydrogens (tertiary/aromatic N) is 1. The van der Waals surface area contributed by atoms with Crippen LogP contribution in [0.25, 0.3) is 0 Å². The molecule has 1 aromatic carbocycles. The predicted molar refractivity (Wildman–Crippen MR) is 73.9 cm³/mol. The average molecular weight is 316 g/mol. The van der Waals surface area contributed by atoms with E-state index in [0.717, 1.165) is 0 Å². The number of methoxy groups -OCH3 is 1. The second-order valence-electron chi connectivity index (χ2n) is 4.06. The van der Waals surface area contributed by atoms with E-state index in [0.29, 0.717) is 23.2 Å². The number of carbonyl (C=O) groups is 1. The average Bonchev–Trinajstić information content (AvgIpc) is 2.33. The van der Waals surface area contributed by atoms with Crippen molar-refractivity contribution in [3.63, 3.8) is 0 Å². The highest BCUT2D eigenvalue weighted by Gasteiger charge is 2.20. The van der Waals surface area contributed by atoms with Crippen LogP contribution in [0.3, 0.4) is 0 Å². The molecule has 1 N–H and O–H groups in total. The molecule has 1 unspecified atom stereocenters. The van der Waals surface area contributed by atoms with E-state index in [9.17, 15) is 9.90 Å². The third kappa shape index (κ3) is 3.46. The molecule has 0 heterocycles. The molecular weight excluding hydrogens is 298 g/mol. The van der Waals surface area contributed by atoms with Gasteiger partial charge in [0.25, 0.3) is 5.91 Å². The lowest BCUT2D eigenvalue weighted by Gasteiger charge is -2.27. The molecule has 0 aromatic heterocycles. The lowest BCUT2D eigenvalue weighted by atomic mass is 10.1. The maximum absolute atomic E-state index is 12.3. The van der Waals surface area contributed by atoms with E-state index in [4.69, 9.17) is 4.74 Å². The van der Waals surface area contributed by atoms with E-state index in [1.165, 1.54) is 6.07 Å². The van der Waals surface area contributed by atoms with Crippen molar-refractivity contribution in [3.8, 4) is 5.75 Å². The molecule has 0 saturated heterocycles.